The maximum absolute atomic E-state index is 11.6. The number of hydrogen-bond donors (Lipinski definition) is 3. The molecule has 0 bridgehead atoms. The highest BCUT2D eigenvalue weighted by Crippen LogP contribution is 2.16. The Hall–Kier alpha value is -0.420. The van der Waals surface area contributed by atoms with E-state index in [4.69, 9.17) is 0 Å². The Kier molecular flexibility index (Phi) is 4.14. The van der Waals surface area contributed by atoms with E-state index in [-0.39, 0.29) is 6.03 Å². The number of carbonyl (C=O) groups excluding carboxylic acids is 1. The summed E-state index contributed by atoms with van der Waals surface area (Å²) in [5.74, 6) is 2.25. The monoisotopic (exact) mass is 229 g/mol. The molecule has 5 heteroatoms. The van der Waals surface area contributed by atoms with Crippen molar-refractivity contribution in [2.75, 3.05) is 24.6 Å². The molecule has 2 aliphatic rings. The summed E-state index contributed by atoms with van der Waals surface area (Å²) in [7, 11) is 0. The van der Waals surface area contributed by atoms with Gasteiger partial charge in [-0.2, -0.15) is 11.8 Å². The number of rotatable bonds is 2. The lowest BCUT2D eigenvalue weighted by Gasteiger charge is -2.24. The fourth-order valence-corrected chi connectivity index (χ4v) is 3.18. The van der Waals surface area contributed by atoms with E-state index in [2.05, 4.69) is 16.0 Å². The maximum atomic E-state index is 11.6. The molecule has 3 N–H and O–H groups in total. The van der Waals surface area contributed by atoms with Gasteiger partial charge < -0.3 is 16.0 Å². The number of nitrogens with one attached hydrogen (secondary N) is 3. The number of urea groups is 1. The van der Waals surface area contributed by atoms with E-state index in [0.717, 1.165) is 38.1 Å². The molecule has 2 aliphatic heterocycles. The van der Waals surface area contributed by atoms with Gasteiger partial charge in [-0.25, -0.2) is 4.79 Å². The van der Waals surface area contributed by atoms with Crippen LogP contribution in [-0.2, 0) is 0 Å². The molecule has 2 rings (SSSR count). The van der Waals surface area contributed by atoms with Gasteiger partial charge in [0, 0.05) is 17.8 Å². The normalized spacial score (nSPS) is 27.6. The zero-order chi connectivity index (χ0) is 10.5. The molecular formula is C10H19N3OS. The van der Waals surface area contributed by atoms with Gasteiger partial charge in [0.1, 0.15) is 0 Å². The van der Waals surface area contributed by atoms with Crippen LogP contribution < -0.4 is 16.0 Å². The summed E-state index contributed by atoms with van der Waals surface area (Å²) in [4.78, 5) is 11.6. The highest BCUT2D eigenvalue weighted by Gasteiger charge is 2.20. The van der Waals surface area contributed by atoms with E-state index in [1.807, 2.05) is 11.8 Å². The SMILES string of the molecule is O=C(NC1CCNCC1)NC1CCSC1. The first kappa shape index (κ1) is 11.1. The Morgan fingerprint density at radius 2 is 1.87 bits per heavy atom. The molecule has 0 radical (unpaired) electrons. The van der Waals surface area contributed by atoms with E-state index < -0.39 is 0 Å². The molecule has 0 spiro atoms. The molecule has 2 heterocycles. The van der Waals surface area contributed by atoms with Gasteiger partial charge in [0.15, 0.2) is 0 Å². The van der Waals surface area contributed by atoms with Crippen molar-refractivity contribution >= 4 is 17.8 Å². The van der Waals surface area contributed by atoms with Crippen LogP contribution in [0.1, 0.15) is 19.3 Å². The Bertz CT molecular complexity index is 213. The number of amides is 2. The first-order valence-corrected chi connectivity index (χ1v) is 6.85. The van der Waals surface area contributed by atoms with Crippen molar-refractivity contribution in [2.45, 2.75) is 31.3 Å². The Morgan fingerprint density at radius 1 is 1.13 bits per heavy atom. The Labute approximate surface area is 94.9 Å². The van der Waals surface area contributed by atoms with Crippen LogP contribution in [0, 0.1) is 0 Å². The fourth-order valence-electron chi connectivity index (χ4n) is 2.03. The number of carbonyl (C=O) groups is 1. The minimum Gasteiger partial charge on any atom is -0.335 e. The van der Waals surface area contributed by atoms with Crippen molar-refractivity contribution < 1.29 is 4.79 Å². The van der Waals surface area contributed by atoms with Gasteiger partial charge in [-0.15, -0.1) is 0 Å². The van der Waals surface area contributed by atoms with E-state index in [1.165, 1.54) is 5.75 Å². The third-order valence-electron chi connectivity index (χ3n) is 2.94. The van der Waals surface area contributed by atoms with Crippen LogP contribution in [0.2, 0.25) is 0 Å². The van der Waals surface area contributed by atoms with Gasteiger partial charge in [0.2, 0.25) is 0 Å². The maximum Gasteiger partial charge on any atom is 0.315 e. The number of piperidine rings is 1. The van der Waals surface area contributed by atoms with Crippen LogP contribution >= 0.6 is 11.8 Å². The smallest absolute Gasteiger partial charge is 0.315 e. The molecule has 2 fully saturated rings. The molecule has 0 aromatic heterocycles. The lowest BCUT2D eigenvalue weighted by molar-refractivity contribution is 0.230. The fraction of sp³-hybridized carbons (Fsp3) is 0.900. The van der Waals surface area contributed by atoms with Crippen LogP contribution in [0.4, 0.5) is 4.79 Å². The molecule has 0 aliphatic carbocycles. The van der Waals surface area contributed by atoms with Crippen LogP contribution in [0.3, 0.4) is 0 Å². The lowest BCUT2D eigenvalue weighted by atomic mass is 10.1. The quantitative estimate of drug-likeness (QED) is 0.648. The van der Waals surface area contributed by atoms with E-state index in [0.29, 0.717) is 12.1 Å². The molecule has 2 amide bonds. The van der Waals surface area contributed by atoms with E-state index >= 15 is 0 Å². The van der Waals surface area contributed by atoms with Gasteiger partial charge in [-0.1, -0.05) is 0 Å². The van der Waals surface area contributed by atoms with Crippen molar-refractivity contribution in [1.82, 2.24) is 16.0 Å². The molecule has 15 heavy (non-hydrogen) atoms. The lowest BCUT2D eigenvalue weighted by Crippen LogP contribution is -2.49. The van der Waals surface area contributed by atoms with Gasteiger partial charge in [-0.05, 0) is 38.1 Å². The summed E-state index contributed by atoms with van der Waals surface area (Å²) >= 11 is 1.92. The third kappa shape index (κ3) is 3.57. The molecule has 0 saturated carbocycles. The number of thioether (sulfide) groups is 1. The molecule has 1 atom stereocenters. The Morgan fingerprint density at radius 3 is 2.53 bits per heavy atom. The summed E-state index contributed by atoms with van der Waals surface area (Å²) in [5, 5.41) is 9.37. The first-order valence-electron chi connectivity index (χ1n) is 5.70. The largest absolute Gasteiger partial charge is 0.335 e. The van der Waals surface area contributed by atoms with Crippen molar-refractivity contribution in [3.05, 3.63) is 0 Å². The highest BCUT2D eigenvalue weighted by molar-refractivity contribution is 7.99. The Balaban J connectivity index is 1.66. The summed E-state index contributed by atoms with van der Waals surface area (Å²) in [5.41, 5.74) is 0. The van der Waals surface area contributed by atoms with Crippen molar-refractivity contribution in [3.63, 3.8) is 0 Å². The highest BCUT2D eigenvalue weighted by atomic mass is 32.2. The average molecular weight is 229 g/mol. The van der Waals surface area contributed by atoms with E-state index in [9.17, 15) is 4.79 Å². The average Bonchev–Trinajstić information content (AvgIpc) is 2.71. The van der Waals surface area contributed by atoms with Crippen molar-refractivity contribution in [3.8, 4) is 0 Å². The van der Waals surface area contributed by atoms with Gasteiger partial charge in [-0.3, -0.25) is 0 Å². The molecule has 86 valence electrons. The van der Waals surface area contributed by atoms with E-state index in [1.54, 1.807) is 0 Å². The molecule has 0 aromatic carbocycles. The number of hydrogen-bond acceptors (Lipinski definition) is 3. The van der Waals surface area contributed by atoms with Crippen molar-refractivity contribution in [2.24, 2.45) is 0 Å². The van der Waals surface area contributed by atoms with Crippen LogP contribution in [0.25, 0.3) is 0 Å². The minimum atomic E-state index is 0.0226. The second-order valence-electron chi connectivity index (χ2n) is 4.20. The zero-order valence-electron chi connectivity index (χ0n) is 8.92. The van der Waals surface area contributed by atoms with Crippen LogP contribution in [-0.4, -0.2) is 42.7 Å². The molecule has 4 nitrogen and oxygen atoms in total. The van der Waals surface area contributed by atoms with Crippen LogP contribution in [0.5, 0.6) is 0 Å². The van der Waals surface area contributed by atoms with Gasteiger partial charge in [0.25, 0.3) is 0 Å². The second kappa shape index (κ2) is 5.61. The predicted molar refractivity (Wildman–Crippen MR) is 63.3 cm³/mol. The van der Waals surface area contributed by atoms with Crippen LogP contribution in [0.15, 0.2) is 0 Å². The summed E-state index contributed by atoms with van der Waals surface area (Å²) in [6, 6.07) is 0.770. The van der Waals surface area contributed by atoms with Gasteiger partial charge >= 0.3 is 6.03 Å². The predicted octanol–water partition coefficient (Wildman–Crippen LogP) is 0.543. The summed E-state index contributed by atoms with van der Waals surface area (Å²) < 4.78 is 0. The zero-order valence-corrected chi connectivity index (χ0v) is 9.74. The first-order chi connectivity index (χ1) is 7.34. The molecule has 0 aromatic rings. The van der Waals surface area contributed by atoms with Crippen molar-refractivity contribution in [1.29, 1.82) is 0 Å². The topological polar surface area (TPSA) is 53.2 Å². The second-order valence-corrected chi connectivity index (χ2v) is 5.35. The molecule has 2 saturated heterocycles. The minimum absolute atomic E-state index is 0.0226. The summed E-state index contributed by atoms with van der Waals surface area (Å²) in [6.07, 6.45) is 3.21. The standard InChI is InChI=1S/C10H19N3OS/c14-10(13-9-3-6-15-7-9)12-8-1-4-11-5-2-8/h8-9,11H,1-7H2,(H2,12,13,14). The third-order valence-corrected chi connectivity index (χ3v) is 4.10. The summed E-state index contributed by atoms with van der Waals surface area (Å²) in [6.45, 7) is 2.04. The molecular weight excluding hydrogens is 210 g/mol. The van der Waals surface area contributed by atoms with Gasteiger partial charge in [0.05, 0.1) is 0 Å². The molecule has 1 unspecified atom stereocenters.